The Balaban J connectivity index is 0.00000256. The first-order valence-electron chi connectivity index (χ1n) is 17.8. The van der Waals surface area contributed by atoms with Crippen molar-refractivity contribution in [2.24, 2.45) is 47.3 Å². The van der Waals surface area contributed by atoms with Crippen molar-refractivity contribution in [3.8, 4) is 0 Å². The summed E-state index contributed by atoms with van der Waals surface area (Å²) in [6.07, 6.45) is 24.5. The summed E-state index contributed by atoms with van der Waals surface area (Å²) >= 11 is 0. The molecule has 4 aliphatic carbocycles. The van der Waals surface area contributed by atoms with Crippen molar-refractivity contribution in [2.45, 2.75) is 152 Å². The molecule has 9 heteroatoms. The van der Waals surface area contributed by atoms with E-state index in [1.54, 1.807) is 0 Å². The molecule has 4 saturated carbocycles. The number of rotatable bonds is 0. The third kappa shape index (κ3) is 5.05. The maximum Gasteiger partial charge on any atom is 2.00 e. The van der Waals surface area contributed by atoms with Gasteiger partial charge in [0.05, 0.1) is 24.7 Å². The Labute approximate surface area is 261 Å². The zero-order valence-corrected chi connectivity index (χ0v) is 26.3. The molecule has 9 rings (SSSR count). The van der Waals surface area contributed by atoms with E-state index in [0.29, 0.717) is 48.3 Å². The van der Waals surface area contributed by atoms with Crippen LogP contribution in [0.25, 0.3) is 10.6 Å². The molecular weight excluding hydrogens is 603 g/mol. The van der Waals surface area contributed by atoms with E-state index >= 15 is 0 Å². The maximum absolute atomic E-state index is 5.60. The average molecular weight is 657 g/mol. The smallest absolute Gasteiger partial charge is 0.632 e. The molecule has 9 fully saturated rings. The van der Waals surface area contributed by atoms with Gasteiger partial charge in [-0.3, -0.25) is 16.0 Å². The van der Waals surface area contributed by atoms with Crippen LogP contribution >= 0.6 is 0 Å². The fraction of sp³-hybridized carbons (Fsp3) is 1.00. The van der Waals surface area contributed by atoms with E-state index in [2.05, 4.69) is 31.9 Å². The van der Waals surface area contributed by atoms with E-state index in [1.165, 1.54) is 103 Å². The summed E-state index contributed by atoms with van der Waals surface area (Å²) in [5, 5.41) is 36.3. The van der Waals surface area contributed by atoms with E-state index in [-0.39, 0.29) is 45.1 Å². The van der Waals surface area contributed by atoms with Crippen molar-refractivity contribution < 1.29 is 20.4 Å². The maximum atomic E-state index is 5.60. The van der Waals surface area contributed by atoms with E-state index in [0.717, 1.165) is 23.7 Å². The van der Waals surface area contributed by atoms with Gasteiger partial charge < -0.3 is 26.6 Å². The zero-order chi connectivity index (χ0) is 26.2. The second kappa shape index (κ2) is 11.9. The van der Waals surface area contributed by atoms with Crippen molar-refractivity contribution in [1.82, 2.24) is 31.9 Å². The van der Waals surface area contributed by atoms with Gasteiger partial charge in [-0.2, -0.15) is 0 Å². The van der Waals surface area contributed by atoms with Crippen molar-refractivity contribution in [3.05, 3.63) is 10.6 Å². The topological polar surface area (TPSA) is 100 Å². The molecule has 5 saturated heterocycles. The van der Waals surface area contributed by atoms with Gasteiger partial charge in [0.1, 0.15) is 0 Å². The van der Waals surface area contributed by atoms with Gasteiger partial charge in [0.25, 0.3) is 0 Å². The summed E-state index contributed by atoms with van der Waals surface area (Å²) in [6, 6.07) is 0. The van der Waals surface area contributed by atoms with E-state index in [4.69, 9.17) is 10.6 Å². The Bertz CT molecular complexity index is 716. The molecule has 8 nitrogen and oxygen atoms in total. The van der Waals surface area contributed by atoms with Gasteiger partial charge in [0, 0.05) is 0 Å². The predicted octanol–water partition coefficient (Wildman–Crippen LogP) is 4.17. The van der Waals surface area contributed by atoms with Gasteiger partial charge >= 0.3 is 20.4 Å². The average Bonchev–Trinajstić information content (AvgIpc) is 3.73. The molecule has 0 amide bonds. The summed E-state index contributed by atoms with van der Waals surface area (Å²) in [6.45, 7) is 0. The second-order valence-electron chi connectivity index (χ2n) is 15.4. The summed E-state index contributed by atoms with van der Waals surface area (Å²) < 4.78 is 0. The van der Waals surface area contributed by atoms with Crippen molar-refractivity contribution in [2.75, 3.05) is 0 Å². The first-order valence-corrected chi connectivity index (χ1v) is 17.8. The van der Waals surface area contributed by atoms with E-state index in [9.17, 15) is 0 Å². The third-order valence-electron chi connectivity index (χ3n) is 13.6. The quantitative estimate of drug-likeness (QED) is 0.219. The van der Waals surface area contributed by atoms with Crippen LogP contribution in [-0.2, 0) is 20.4 Å². The fourth-order valence-corrected chi connectivity index (χ4v) is 11.7. The Kier molecular flexibility index (Phi) is 8.38. The van der Waals surface area contributed by atoms with Gasteiger partial charge in [0.15, 0.2) is 0 Å². The summed E-state index contributed by atoms with van der Waals surface area (Å²) in [5.74, 6) is 5.59. The molecule has 0 spiro atoms. The van der Waals surface area contributed by atoms with Gasteiger partial charge in [-0.05, 0) is 73.0 Å². The molecule has 16 atom stereocenters. The molecule has 232 valence electrons. The van der Waals surface area contributed by atoms with Crippen LogP contribution in [0.15, 0.2) is 0 Å². The molecule has 9 aliphatic rings. The minimum Gasteiger partial charge on any atom is -0.632 e. The van der Waals surface area contributed by atoms with Crippen LogP contribution in [-0.4, -0.2) is 49.3 Å². The van der Waals surface area contributed by atoms with Crippen LogP contribution in [0.2, 0.25) is 0 Å². The Hall–Kier alpha value is 0.342. The minimum atomic E-state index is 0. The molecule has 6 N–H and O–H groups in total. The minimum absolute atomic E-state index is 0. The summed E-state index contributed by atoms with van der Waals surface area (Å²) in [4.78, 5) is 0. The molecular formula is C32H54N8Pd. The molecule has 41 heavy (non-hydrogen) atoms. The van der Waals surface area contributed by atoms with Gasteiger partial charge in [-0.15, -0.1) is 0 Å². The zero-order valence-electron chi connectivity index (χ0n) is 24.8. The normalized spacial score (nSPS) is 56.2. The largest absolute Gasteiger partial charge is 2.00 e. The number of hydrogen-bond acceptors (Lipinski definition) is 6. The van der Waals surface area contributed by atoms with Crippen molar-refractivity contribution >= 4 is 0 Å². The molecule has 0 aromatic carbocycles. The Morgan fingerprint density at radius 3 is 0.854 bits per heavy atom. The van der Waals surface area contributed by atoms with Gasteiger partial charge in [-0.1, -0.05) is 102 Å². The molecule has 8 bridgehead atoms. The van der Waals surface area contributed by atoms with Crippen LogP contribution in [0.5, 0.6) is 0 Å². The Morgan fingerprint density at radius 1 is 0.293 bits per heavy atom. The van der Waals surface area contributed by atoms with Crippen LogP contribution in [0, 0.1) is 47.3 Å². The molecule has 0 radical (unpaired) electrons. The van der Waals surface area contributed by atoms with E-state index < -0.39 is 0 Å². The molecule has 16 unspecified atom stereocenters. The van der Waals surface area contributed by atoms with Crippen LogP contribution < -0.4 is 31.9 Å². The van der Waals surface area contributed by atoms with Gasteiger partial charge in [0.2, 0.25) is 0 Å². The SMILES string of the molecule is C1CCC2C3[N-]C(NC4[N-]C(NC5NC(NC6NC(N3)C3CCCCC63)C3CCCCC53)C3CCCCC43)C2C1.[Pd+2]. The first kappa shape index (κ1) is 28.8. The summed E-state index contributed by atoms with van der Waals surface area (Å²) in [5.41, 5.74) is 0. The predicted molar refractivity (Wildman–Crippen MR) is 158 cm³/mol. The van der Waals surface area contributed by atoms with Gasteiger partial charge in [-0.25, -0.2) is 0 Å². The monoisotopic (exact) mass is 656 g/mol. The standard InChI is InChI=1S/C32H54N8.Pd/c1-2-10-18-17(9-1)25-33-26(18)38-28-21-13-5-6-14-22(21)30(35-28)40-32-24-16-8-7-15-23(24)31(36-32)39-29-20-12-4-3-11-19(20)27(34-29)37-25;/h17-34,37-40H,1-16H2;/q-2;+2. The third-order valence-corrected chi connectivity index (χ3v) is 13.6. The van der Waals surface area contributed by atoms with Crippen molar-refractivity contribution in [1.29, 1.82) is 0 Å². The summed E-state index contributed by atoms with van der Waals surface area (Å²) in [7, 11) is 0. The molecule has 0 aromatic heterocycles. The van der Waals surface area contributed by atoms with Crippen LogP contribution in [0.4, 0.5) is 0 Å². The van der Waals surface area contributed by atoms with Crippen molar-refractivity contribution in [3.63, 3.8) is 0 Å². The fourth-order valence-electron chi connectivity index (χ4n) is 11.7. The number of nitrogens with zero attached hydrogens (tertiary/aromatic N) is 2. The molecule has 0 aromatic rings. The van der Waals surface area contributed by atoms with E-state index in [1.807, 2.05) is 0 Å². The number of hydrogen-bond donors (Lipinski definition) is 6. The number of nitrogens with one attached hydrogen (secondary N) is 6. The molecule has 5 aliphatic heterocycles. The number of fused-ring (bicyclic) bond motifs is 20. The van der Waals surface area contributed by atoms with Crippen LogP contribution in [0.3, 0.4) is 0 Å². The second-order valence-corrected chi connectivity index (χ2v) is 15.4. The first-order chi connectivity index (χ1) is 19.8. The molecule has 5 heterocycles. The Morgan fingerprint density at radius 2 is 0.537 bits per heavy atom. The van der Waals surface area contributed by atoms with Crippen LogP contribution in [0.1, 0.15) is 103 Å².